The molecule has 0 bridgehead atoms. The van der Waals surface area contributed by atoms with Gasteiger partial charge in [0.15, 0.2) is 4.34 Å². The van der Waals surface area contributed by atoms with Gasteiger partial charge in [-0.3, -0.25) is 14.4 Å². The summed E-state index contributed by atoms with van der Waals surface area (Å²) < 4.78 is 35.0. The van der Waals surface area contributed by atoms with Crippen LogP contribution in [0.1, 0.15) is 29.3 Å². The number of benzene rings is 3. The molecule has 1 heterocycles. The second-order valence-corrected chi connectivity index (χ2v) is 12.0. The lowest BCUT2D eigenvalue weighted by atomic mass is 10.1. The van der Waals surface area contributed by atoms with Crippen molar-refractivity contribution in [3.8, 4) is 5.75 Å². The highest BCUT2D eigenvalue weighted by atomic mass is 32.2. The van der Waals surface area contributed by atoms with Crippen LogP contribution in [0.2, 0.25) is 0 Å². The Morgan fingerprint density at radius 3 is 2.41 bits per heavy atom. The highest BCUT2D eigenvalue weighted by Gasteiger charge is 2.29. The summed E-state index contributed by atoms with van der Waals surface area (Å²) in [5.74, 6) is 0.979. The molecule has 0 unspecified atom stereocenters. The number of hydrogen-bond acceptors (Lipinski definition) is 8. The van der Waals surface area contributed by atoms with E-state index in [1.54, 1.807) is 48.2 Å². The van der Waals surface area contributed by atoms with Gasteiger partial charge in [0.25, 0.3) is 15.9 Å². The van der Waals surface area contributed by atoms with Crippen molar-refractivity contribution in [1.82, 2.24) is 10.2 Å². The third kappa shape index (κ3) is 6.48. The monoisotopic (exact) mass is 554 g/mol. The molecule has 3 aromatic carbocycles. The van der Waals surface area contributed by atoms with Crippen molar-refractivity contribution in [2.24, 2.45) is 0 Å². The van der Waals surface area contributed by atoms with Gasteiger partial charge in [0.1, 0.15) is 5.75 Å². The zero-order valence-corrected chi connectivity index (χ0v) is 22.8. The van der Waals surface area contributed by atoms with E-state index in [4.69, 9.17) is 4.74 Å². The van der Waals surface area contributed by atoms with E-state index in [1.165, 1.54) is 34.9 Å². The summed E-state index contributed by atoms with van der Waals surface area (Å²) in [5, 5.41) is 11.3. The minimum absolute atomic E-state index is 0.0378. The molecule has 37 heavy (non-hydrogen) atoms. The quantitative estimate of drug-likeness (QED) is 0.188. The number of rotatable bonds is 11. The molecule has 0 fully saturated rings. The normalized spacial score (nSPS) is 11.2. The largest absolute Gasteiger partial charge is 0.497 e. The second kappa shape index (κ2) is 12.2. The van der Waals surface area contributed by atoms with Crippen molar-refractivity contribution in [3.05, 3.63) is 90.0 Å². The third-order valence-electron chi connectivity index (χ3n) is 5.29. The predicted molar refractivity (Wildman–Crippen MR) is 148 cm³/mol. The lowest BCUT2D eigenvalue weighted by Gasteiger charge is -2.26. The van der Waals surface area contributed by atoms with Gasteiger partial charge in [-0.05, 0) is 48.4 Å². The topological polar surface area (TPSA) is 101 Å². The molecule has 1 aromatic heterocycles. The van der Waals surface area contributed by atoms with E-state index in [0.717, 1.165) is 22.1 Å². The van der Waals surface area contributed by atoms with E-state index in [-0.39, 0.29) is 22.7 Å². The van der Waals surface area contributed by atoms with Crippen molar-refractivity contribution in [2.75, 3.05) is 22.5 Å². The van der Waals surface area contributed by atoms with Crippen LogP contribution in [0.4, 0.5) is 10.8 Å². The maximum atomic E-state index is 13.9. The number of nitrogens with zero attached hydrogens (tertiary/aromatic N) is 3. The molecule has 8 nitrogen and oxygen atoms in total. The van der Waals surface area contributed by atoms with Gasteiger partial charge in [-0.15, -0.1) is 10.2 Å². The van der Waals surface area contributed by atoms with Gasteiger partial charge in [-0.25, -0.2) is 8.42 Å². The molecule has 1 amide bonds. The Bertz CT molecular complexity index is 1440. The summed E-state index contributed by atoms with van der Waals surface area (Å²) in [5.41, 5.74) is 1.23. The van der Waals surface area contributed by atoms with Crippen molar-refractivity contribution in [3.63, 3.8) is 0 Å². The zero-order chi connectivity index (χ0) is 26.3. The van der Waals surface area contributed by atoms with Crippen molar-refractivity contribution >= 4 is 49.8 Å². The number of methoxy groups -OCH3 is 1. The van der Waals surface area contributed by atoms with E-state index in [1.807, 2.05) is 30.3 Å². The zero-order valence-electron chi connectivity index (χ0n) is 20.3. The number of aromatic nitrogens is 2. The summed E-state index contributed by atoms with van der Waals surface area (Å²) in [6.45, 7) is 2.12. The minimum Gasteiger partial charge on any atom is -0.497 e. The molecule has 11 heteroatoms. The first-order valence-corrected chi connectivity index (χ1v) is 14.7. The number of amides is 1. The Kier molecular flexibility index (Phi) is 8.80. The van der Waals surface area contributed by atoms with Gasteiger partial charge >= 0.3 is 0 Å². The Labute approximate surface area is 224 Å². The summed E-state index contributed by atoms with van der Waals surface area (Å²) in [6.07, 6.45) is 0.999. The lowest BCUT2D eigenvalue weighted by molar-refractivity contribution is 0.102. The summed E-state index contributed by atoms with van der Waals surface area (Å²) in [6, 6.07) is 22.0. The van der Waals surface area contributed by atoms with Gasteiger partial charge in [0, 0.05) is 5.75 Å². The number of sulfonamides is 1. The Balaban J connectivity index is 1.71. The molecule has 0 radical (unpaired) electrons. The number of para-hydroxylation sites is 1. The van der Waals surface area contributed by atoms with Gasteiger partial charge < -0.3 is 4.74 Å². The maximum absolute atomic E-state index is 13.9. The lowest BCUT2D eigenvalue weighted by Crippen LogP contribution is -2.32. The molecular weight excluding hydrogens is 529 g/mol. The molecule has 4 rings (SSSR count). The van der Waals surface area contributed by atoms with Gasteiger partial charge in [-0.2, -0.15) is 0 Å². The van der Waals surface area contributed by atoms with Gasteiger partial charge in [-0.1, -0.05) is 72.5 Å². The molecule has 0 spiro atoms. The van der Waals surface area contributed by atoms with Crippen LogP contribution in [0.25, 0.3) is 0 Å². The van der Waals surface area contributed by atoms with Crippen LogP contribution in [0.5, 0.6) is 5.75 Å². The van der Waals surface area contributed by atoms with E-state index >= 15 is 0 Å². The van der Waals surface area contributed by atoms with E-state index in [9.17, 15) is 13.2 Å². The van der Waals surface area contributed by atoms with Crippen LogP contribution in [-0.2, 0) is 16.6 Å². The first-order chi connectivity index (χ1) is 17.9. The third-order valence-corrected chi connectivity index (χ3v) is 9.24. The molecular formula is C26H26N4O4S3. The molecule has 0 atom stereocenters. The fourth-order valence-electron chi connectivity index (χ4n) is 3.48. The fraction of sp³-hybridized carbons (Fsp3) is 0.192. The van der Waals surface area contributed by atoms with E-state index < -0.39 is 15.9 Å². The smallest absolute Gasteiger partial charge is 0.264 e. The molecule has 0 saturated carbocycles. The number of anilines is 2. The Morgan fingerprint density at radius 2 is 1.70 bits per heavy atom. The highest BCUT2D eigenvalue weighted by Crippen LogP contribution is 2.31. The summed E-state index contributed by atoms with van der Waals surface area (Å²) in [7, 11) is -2.53. The highest BCUT2D eigenvalue weighted by molar-refractivity contribution is 8.01. The first-order valence-electron chi connectivity index (χ1n) is 11.5. The molecule has 1 N–H and O–H groups in total. The van der Waals surface area contributed by atoms with E-state index in [0.29, 0.717) is 10.9 Å². The van der Waals surface area contributed by atoms with Crippen LogP contribution in [0, 0.1) is 0 Å². The van der Waals surface area contributed by atoms with Crippen LogP contribution in [-0.4, -0.2) is 37.4 Å². The van der Waals surface area contributed by atoms with Crippen molar-refractivity contribution in [2.45, 2.75) is 29.1 Å². The molecule has 0 saturated heterocycles. The van der Waals surface area contributed by atoms with Crippen molar-refractivity contribution in [1.29, 1.82) is 0 Å². The first kappa shape index (κ1) is 26.6. The SMILES string of the molecule is CCCSc1nnc(NC(=O)c2ccccc2N(Cc2ccccc2)S(=O)(=O)c2ccc(OC)cc2)s1. The predicted octanol–water partition coefficient (Wildman–Crippen LogP) is 5.70. The van der Waals surface area contributed by atoms with Crippen LogP contribution in [0.15, 0.2) is 88.1 Å². The van der Waals surface area contributed by atoms with Crippen LogP contribution >= 0.6 is 23.1 Å². The number of nitrogens with one attached hydrogen (secondary N) is 1. The Hall–Kier alpha value is -3.41. The standard InChI is InChI=1S/C26H26N4O4S3/c1-3-17-35-26-29-28-25(36-26)27-24(31)22-11-7-8-12-23(22)30(18-19-9-5-4-6-10-19)37(32,33)21-15-13-20(34-2)14-16-21/h4-16H,3,17-18H2,1-2H3,(H,27,28,31). The van der Waals surface area contributed by atoms with Crippen molar-refractivity contribution < 1.29 is 17.9 Å². The van der Waals surface area contributed by atoms with Gasteiger partial charge in [0.2, 0.25) is 5.13 Å². The maximum Gasteiger partial charge on any atom is 0.264 e. The molecule has 0 aliphatic heterocycles. The molecule has 4 aromatic rings. The summed E-state index contributed by atoms with van der Waals surface area (Å²) in [4.78, 5) is 13.4. The van der Waals surface area contributed by atoms with Gasteiger partial charge in [0.05, 0.1) is 29.8 Å². The Morgan fingerprint density at radius 1 is 1.00 bits per heavy atom. The van der Waals surface area contributed by atoms with E-state index in [2.05, 4.69) is 22.4 Å². The average molecular weight is 555 g/mol. The molecule has 0 aliphatic carbocycles. The number of carbonyl (C=O) groups is 1. The number of ether oxygens (including phenoxy) is 1. The van der Waals surface area contributed by atoms with Crippen LogP contribution in [0.3, 0.4) is 0 Å². The number of hydrogen-bond donors (Lipinski definition) is 1. The summed E-state index contributed by atoms with van der Waals surface area (Å²) >= 11 is 2.86. The number of thioether (sulfide) groups is 1. The molecule has 0 aliphatic rings. The number of carbonyl (C=O) groups excluding carboxylic acids is 1. The average Bonchev–Trinajstić information content (AvgIpc) is 3.38. The van der Waals surface area contributed by atoms with Crippen LogP contribution < -0.4 is 14.4 Å². The minimum atomic E-state index is -4.04. The second-order valence-electron chi connectivity index (χ2n) is 7.87. The fourth-order valence-corrected chi connectivity index (χ4v) is 6.62. The molecule has 192 valence electrons.